The van der Waals surface area contributed by atoms with Crippen molar-refractivity contribution >= 4 is 16.1 Å². The number of rotatable bonds is 3. The normalized spacial score (nSPS) is 20.5. The highest BCUT2D eigenvalue weighted by atomic mass is 32.2. The molecule has 1 atom stereocenters. The van der Waals surface area contributed by atoms with Crippen LogP contribution in [0.5, 0.6) is 0 Å². The first-order valence-electron chi connectivity index (χ1n) is 7.82. The van der Waals surface area contributed by atoms with Gasteiger partial charge in [0.2, 0.25) is 10.0 Å². The number of hydrogen-bond donors (Lipinski definition) is 1. The molecule has 6 nitrogen and oxygen atoms in total. The van der Waals surface area contributed by atoms with Gasteiger partial charge in [0.25, 0.3) is 0 Å². The fourth-order valence-corrected chi connectivity index (χ4v) is 4.68. The summed E-state index contributed by atoms with van der Waals surface area (Å²) in [6.07, 6.45) is 6.20. The number of fused-ring (bicyclic) bond motifs is 2. The number of nitrogens with zero attached hydrogens (tertiary/aromatic N) is 3. The summed E-state index contributed by atoms with van der Waals surface area (Å²) in [6, 6.07) is 7.63. The van der Waals surface area contributed by atoms with Gasteiger partial charge in [-0.25, -0.2) is 22.8 Å². The van der Waals surface area contributed by atoms with Gasteiger partial charge in [0, 0.05) is 6.54 Å². The molecule has 0 fully saturated rings. The van der Waals surface area contributed by atoms with Crippen LogP contribution in [0, 0.1) is 0 Å². The summed E-state index contributed by atoms with van der Waals surface area (Å²) in [5, 5.41) is 4.14. The smallest absolute Gasteiger partial charge is 0.237 e. The van der Waals surface area contributed by atoms with Crippen molar-refractivity contribution in [2.75, 3.05) is 0 Å². The third-order valence-electron chi connectivity index (χ3n) is 4.47. The Hall–Kier alpha value is -1.99. The fourth-order valence-electron chi connectivity index (χ4n) is 3.28. The van der Waals surface area contributed by atoms with Crippen LogP contribution in [-0.2, 0) is 23.0 Å². The molecule has 0 bridgehead atoms. The van der Waals surface area contributed by atoms with Crippen molar-refractivity contribution < 1.29 is 8.42 Å². The zero-order chi connectivity index (χ0) is 15.9. The zero-order valence-corrected chi connectivity index (χ0v) is 13.5. The average Bonchev–Trinajstić information content (AvgIpc) is 3.04. The maximum Gasteiger partial charge on any atom is 0.237 e. The van der Waals surface area contributed by atoms with E-state index in [2.05, 4.69) is 14.8 Å². The largest absolute Gasteiger partial charge is 0.248 e. The Balaban J connectivity index is 1.62. The summed E-state index contributed by atoms with van der Waals surface area (Å²) >= 11 is 0. The molecule has 0 amide bonds. The van der Waals surface area contributed by atoms with Crippen LogP contribution in [0.15, 0.2) is 35.5 Å². The zero-order valence-electron chi connectivity index (χ0n) is 12.6. The SMILES string of the molecule is O=S(=O)(NC1CCCn2ncnc21)C1=Cc2ccccc2CC1. The van der Waals surface area contributed by atoms with Crippen LogP contribution in [0.2, 0.25) is 0 Å². The second-order valence-electron chi connectivity index (χ2n) is 5.97. The molecule has 120 valence electrons. The maximum atomic E-state index is 12.8. The maximum absolute atomic E-state index is 12.8. The molecule has 0 radical (unpaired) electrons. The lowest BCUT2D eigenvalue weighted by Crippen LogP contribution is -2.34. The molecule has 1 unspecified atom stereocenters. The molecule has 4 rings (SSSR count). The quantitative estimate of drug-likeness (QED) is 0.934. The highest BCUT2D eigenvalue weighted by Crippen LogP contribution is 2.29. The van der Waals surface area contributed by atoms with Crippen LogP contribution in [0.1, 0.15) is 42.3 Å². The number of nitrogens with one attached hydrogen (secondary N) is 1. The molecular weight excluding hydrogens is 312 g/mol. The van der Waals surface area contributed by atoms with E-state index in [1.807, 2.05) is 24.3 Å². The first kappa shape index (κ1) is 14.6. The van der Waals surface area contributed by atoms with Gasteiger partial charge < -0.3 is 0 Å². The topological polar surface area (TPSA) is 76.9 Å². The summed E-state index contributed by atoms with van der Waals surface area (Å²) in [6.45, 7) is 0.795. The van der Waals surface area contributed by atoms with Crippen molar-refractivity contribution in [3.8, 4) is 0 Å². The van der Waals surface area contributed by atoms with Gasteiger partial charge in [0.05, 0.1) is 10.9 Å². The Bertz CT molecular complexity index is 870. The molecule has 2 aromatic rings. The minimum absolute atomic E-state index is 0.297. The number of aryl methyl sites for hydroxylation is 2. The predicted octanol–water partition coefficient (Wildman–Crippen LogP) is 2.02. The summed E-state index contributed by atoms with van der Waals surface area (Å²) in [4.78, 5) is 4.66. The number of hydrogen-bond acceptors (Lipinski definition) is 4. The molecule has 1 aliphatic carbocycles. The number of aromatic nitrogens is 3. The molecule has 1 N–H and O–H groups in total. The third-order valence-corrected chi connectivity index (χ3v) is 6.08. The van der Waals surface area contributed by atoms with Gasteiger partial charge in [-0.1, -0.05) is 24.3 Å². The Morgan fingerprint density at radius 3 is 3.00 bits per heavy atom. The number of sulfonamides is 1. The molecule has 23 heavy (non-hydrogen) atoms. The van der Waals surface area contributed by atoms with Gasteiger partial charge in [0.1, 0.15) is 12.2 Å². The van der Waals surface area contributed by atoms with Crippen molar-refractivity contribution in [1.29, 1.82) is 0 Å². The van der Waals surface area contributed by atoms with E-state index >= 15 is 0 Å². The first-order valence-corrected chi connectivity index (χ1v) is 9.30. The van der Waals surface area contributed by atoms with Crippen LogP contribution in [0.3, 0.4) is 0 Å². The van der Waals surface area contributed by atoms with Gasteiger partial charge in [-0.05, 0) is 42.9 Å². The molecule has 0 saturated carbocycles. The molecule has 1 aromatic carbocycles. The average molecular weight is 330 g/mol. The Morgan fingerprint density at radius 1 is 1.22 bits per heavy atom. The van der Waals surface area contributed by atoms with Crippen molar-refractivity contribution in [2.24, 2.45) is 0 Å². The van der Waals surface area contributed by atoms with E-state index in [9.17, 15) is 8.42 Å². The molecule has 7 heteroatoms. The molecule has 0 saturated heterocycles. The first-order chi connectivity index (χ1) is 11.1. The molecule has 2 aliphatic rings. The van der Waals surface area contributed by atoms with E-state index in [1.165, 1.54) is 11.9 Å². The third kappa shape index (κ3) is 2.70. The Labute approximate surface area is 135 Å². The highest BCUT2D eigenvalue weighted by Gasteiger charge is 2.29. The van der Waals surface area contributed by atoms with Crippen molar-refractivity contribution in [2.45, 2.75) is 38.3 Å². The molecular formula is C16H18N4O2S. The highest BCUT2D eigenvalue weighted by molar-refractivity contribution is 7.93. The predicted molar refractivity (Wildman–Crippen MR) is 86.8 cm³/mol. The van der Waals surface area contributed by atoms with Crippen molar-refractivity contribution in [3.63, 3.8) is 0 Å². The van der Waals surface area contributed by atoms with E-state index in [4.69, 9.17) is 0 Å². The Kier molecular flexibility index (Phi) is 3.54. The second kappa shape index (κ2) is 5.58. The number of allylic oxidation sites excluding steroid dienone is 1. The minimum Gasteiger partial charge on any atom is -0.248 e. The molecule has 2 heterocycles. The lowest BCUT2D eigenvalue weighted by atomic mass is 9.98. The van der Waals surface area contributed by atoms with E-state index < -0.39 is 10.0 Å². The van der Waals surface area contributed by atoms with Gasteiger partial charge in [-0.2, -0.15) is 5.10 Å². The lowest BCUT2D eigenvalue weighted by molar-refractivity contribution is 0.400. The Morgan fingerprint density at radius 2 is 2.09 bits per heavy atom. The summed E-state index contributed by atoms with van der Waals surface area (Å²) < 4.78 is 30.1. The second-order valence-corrected chi connectivity index (χ2v) is 7.73. The van der Waals surface area contributed by atoms with Gasteiger partial charge in [-0.15, -0.1) is 0 Å². The summed E-state index contributed by atoms with van der Waals surface area (Å²) in [5.74, 6) is 0.705. The van der Waals surface area contributed by atoms with Crippen LogP contribution >= 0.6 is 0 Å². The van der Waals surface area contributed by atoms with E-state index in [0.717, 1.165) is 31.4 Å². The minimum atomic E-state index is -3.52. The van der Waals surface area contributed by atoms with Gasteiger partial charge >= 0.3 is 0 Å². The van der Waals surface area contributed by atoms with Crippen LogP contribution in [-0.4, -0.2) is 23.2 Å². The van der Waals surface area contributed by atoms with Crippen molar-refractivity contribution in [1.82, 2.24) is 19.5 Å². The van der Waals surface area contributed by atoms with E-state index in [-0.39, 0.29) is 6.04 Å². The van der Waals surface area contributed by atoms with Crippen molar-refractivity contribution in [3.05, 3.63) is 52.4 Å². The summed E-state index contributed by atoms with van der Waals surface area (Å²) in [7, 11) is -3.52. The summed E-state index contributed by atoms with van der Waals surface area (Å²) in [5.41, 5.74) is 2.19. The van der Waals surface area contributed by atoms with E-state index in [1.54, 1.807) is 10.8 Å². The molecule has 1 aliphatic heterocycles. The van der Waals surface area contributed by atoms with Gasteiger partial charge in [-0.3, -0.25) is 0 Å². The molecule has 0 spiro atoms. The lowest BCUT2D eigenvalue weighted by Gasteiger charge is -2.24. The monoisotopic (exact) mass is 330 g/mol. The number of benzene rings is 1. The molecule has 1 aromatic heterocycles. The standard InChI is InChI=1S/C16H18N4O2S/c21-23(22,14-8-7-12-4-1-2-5-13(12)10-14)19-15-6-3-9-20-16(15)17-11-18-20/h1-2,4-5,10-11,15,19H,3,6-9H2. The van der Waals surface area contributed by atoms with Gasteiger partial charge in [0.15, 0.2) is 0 Å². The van der Waals surface area contributed by atoms with Crippen LogP contribution < -0.4 is 4.72 Å². The van der Waals surface area contributed by atoms with Crippen LogP contribution in [0.25, 0.3) is 6.08 Å². The van der Waals surface area contributed by atoms with E-state index in [0.29, 0.717) is 17.2 Å². The van der Waals surface area contributed by atoms with Crippen LogP contribution in [0.4, 0.5) is 0 Å². The fraction of sp³-hybridized carbons (Fsp3) is 0.375.